The van der Waals surface area contributed by atoms with E-state index in [0.29, 0.717) is 0 Å². The lowest BCUT2D eigenvalue weighted by molar-refractivity contribution is 0.951. The van der Waals surface area contributed by atoms with Crippen LogP contribution in [0.1, 0.15) is 50.3 Å². The van der Waals surface area contributed by atoms with Gasteiger partial charge in [-0.1, -0.05) is 81.3 Å². The molecule has 0 nitrogen and oxygen atoms in total. The zero-order chi connectivity index (χ0) is 19.3. The van der Waals surface area contributed by atoms with Gasteiger partial charge in [0.1, 0.15) is 0 Å². The van der Waals surface area contributed by atoms with Gasteiger partial charge in [0.15, 0.2) is 0 Å². The Morgan fingerprint density at radius 1 is 1.19 bits per heavy atom. The van der Waals surface area contributed by atoms with Crippen molar-refractivity contribution in [2.75, 3.05) is 0 Å². The van der Waals surface area contributed by atoms with Crippen molar-refractivity contribution in [3.05, 3.63) is 113 Å². The highest BCUT2D eigenvalue weighted by molar-refractivity contribution is 5.76. The van der Waals surface area contributed by atoms with E-state index in [1.165, 1.54) is 33.4 Å². The fourth-order valence-corrected chi connectivity index (χ4v) is 3.76. The second kappa shape index (κ2) is 8.67. The molecule has 1 aromatic rings. The first-order chi connectivity index (χ1) is 12.5. The average Bonchev–Trinajstić information content (AvgIpc) is 2.89. The molecule has 0 spiro atoms. The van der Waals surface area contributed by atoms with Crippen LogP contribution in [0.3, 0.4) is 0 Å². The highest BCUT2D eigenvalue weighted by Gasteiger charge is 2.32. The molecule has 134 valence electrons. The molecule has 0 bridgehead atoms. The van der Waals surface area contributed by atoms with E-state index in [2.05, 4.69) is 89.1 Å². The van der Waals surface area contributed by atoms with Crippen molar-refractivity contribution in [1.29, 1.82) is 0 Å². The molecule has 1 atom stereocenters. The minimum Gasteiger partial charge on any atom is -0.0985 e. The Hall–Kier alpha value is -2.60. The maximum atomic E-state index is 4.38. The van der Waals surface area contributed by atoms with Crippen molar-refractivity contribution in [3.8, 4) is 0 Å². The van der Waals surface area contributed by atoms with E-state index >= 15 is 0 Å². The normalized spacial score (nSPS) is 19.3. The number of rotatable bonds is 6. The predicted molar refractivity (Wildman–Crippen MR) is 117 cm³/mol. The second-order valence-electron chi connectivity index (χ2n) is 6.60. The van der Waals surface area contributed by atoms with E-state index in [-0.39, 0.29) is 5.92 Å². The molecule has 2 rings (SSSR count). The van der Waals surface area contributed by atoms with Crippen LogP contribution in [0.4, 0.5) is 0 Å². The smallest absolute Gasteiger partial charge is 0.0351 e. The molecule has 0 radical (unpaired) electrons. The first-order valence-electron chi connectivity index (χ1n) is 9.31. The van der Waals surface area contributed by atoms with Gasteiger partial charge in [-0.15, -0.1) is 0 Å². The molecule has 1 aliphatic rings. The number of hydrogen-bond acceptors (Lipinski definition) is 0. The highest BCUT2D eigenvalue weighted by atomic mass is 14.3. The van der Waals surface area contributed by atoms with Crippen molar-refractivity contribution < 1.29 is 0 Å². The van der Waals surface area contributed by atoms with Crippen molar-refractivity contribution >= 4 is 5.57 Å². The minimum absolute atomic E-state index is 0.211. The highest BCUT2D eigenvalue weighted by Crippen LogP contribution is 2.48. The SMILES string of the molecule is C=CC(=C)c1cccc(C2C(/C=C\C)=C(C)C(=C)/C2=C\C=C/C)c1CC. The van der Waals surface area contributed by atoms with E-state index in [1.807, 2.05) is 13.0 Å². The summed E-state index contributed by atoms with van der Waals surface area (Å²) in [5.74, 6) is 0.211. The van der Waals surface area contributed by atoms with E-state index in [4.69, 9.17) is 0 Å². The van der Waals surface area contributed by atoms with Crippen LogP contribution >= 0.6 is 0 Å². The van der Waals surface area contributed by atoms with E-state index < -0.39 is 0 Å². The van der Waals surface area contributed by atoms with E-state index in [0.717, 1.165) is 17.6 Å². The summed E-state index contributed by atoms with van der Waals surface area (Å²) >= 11 is 0. The van der Waals surface area contributed by atoms with Crippen LogP contribution in [-0.4, -0.2) is 0 Å². The van der Waals surface area contributed by atoms with Crippen molar-refractivity contribution in [2.24, 2.45) is 0 Å². The van der Waals surface area contributed by atoms with Gasteiger partial charge in [0.25, 0.3) is 0 Å². The molecule has 1 aromatic carbocycles. The Balaban J connectivity index is 2.79. The molecule has 26 heavy (non-hydrogen) atoms. The van der Waals surface area contributed by atoms with Crippen molar-refractivity contribution in [2.45, 2.75) is 40.0 Å². The third-order valence-corrected chi connectivity index (χ3v) is 5.14. The largest absolute Gasteiger partial charge is 0.0985 e. The van der Waals surface area contributed by atoms with Crippen LogP contribution in [0.25, 0.3) is 5.57 Å². The summed E-state index contributed by atoms with van der Waals surface area (Å²) in [6.45, 7) is 21.0. The molecule has 0 aromatic heterocycles. The fourth-order valence-electron chi connectivity index (χ4n) is 3.76. The van der Waals surface area contributed by atoms with Crippen LogP contribution in [0.15, 0.2) is 96.7 Å². The summed E-state index contributed by atoms with van der Waals surface area (Å²) in [4.78, 5) is 0. The molecule has 0 amide bonds. The summed E-state index contributed by atoms with van der Waals surface area (Å²) in [5, 5.41) is 0. The maximum Gasteiger partial charge on any atom is 0.0351 e. The number of benzene rings is 1. The number of allylic oxidation sites excluding steroid dienone is 11. The molecule has 0 fully saturated rings. The Kier molecular flexibility index (Phi) is 6.58. The van der Waals surface area contributed by atoms with E-state index in [1.54, 1.807) is 0 Å². The lowest BCUT2D eigenvalue weighted by Gasteiger charge is -2.22. The molecule has 0 saturated heterocycles. The van der Waals surface area contributed by atoms with Gasteiger partial charge in [0.2, 0.25) is 0 Å². The topological polar surface area (TPSA) is 0 Å². The van der Waals surface area contributed by atoms with Gasteiger partial charge in [-0.3, -0.25) is 0 Å². The van der Waals surface area contributed by atoms with Gasteiger partial charge in [-0.05, 0) is 71.7 Å². The summed E-state index contributed by atoms with van der Waals surface area (Å²) in [7, 11) is 0. The van der Waals surface area contributed by atoms with Gasteiger partial charge in [-0.25, -0.2) is 0 Å². The lowest BCUT2D eigenvalue weighted by Crippen LogP contribution is -2.06. The van der Waals surface area contributed by atoms with Gasteiger partial charge in [-0.2, -0.15) is 0 Å². The summed E-state index contributed by atoms with van der Waals surface area (Å²) < 4.78 is 0. The standard InChI is InChI=1S/C26H30/c1-8-12-15-24-20(7)19(6)23(14-9-2)26(24)25-17-13-16-22(18(5)10-3)21(25)11-4/h8-10,12-17,26H,3,5,7,11H2,1-2,4,6H3/b12-8-,14-9-,24-15+. The second-order valence-corrected chi connectivity index (χ2v) is 6.60. The van der Waals surface area contributed by atoms with Gasteiger partial charge in [0.05, 0.1) is 0 Å². The first-order valence-corrected chi connectivity index (χ1v) is 9.31. The molecule has 0 N–H and O–H groups in total. The van der Waals surface area contributed by atoms with E-state index in [9.17, 15) is 0 Å². The molecular weight excluding hydrogens is 312 g/mol. The molecular formula is C26H30. The molecule has 1 unspecified atom stereocenters. The minimum atomic E-state index is 0.211. The van der Waals surface area contributed by atoms with Crippen LogP contribution < -0.4 is 0 Å². The van der Waals surface area contributed by atoms with Crippen LogP contribution in [0.5, 0.6) is 0 Å². The van der Waals surface area contributed by atoms with Gasteiger partial charge in [0, 0.05) is 5.92 Å². The summed E-state index contributed by atoms with van der Waals surface area (Å²) in [6.07, 6.45) is 13.5. The molecule has 0 saturated carbocycles. The van der Waals surface area contributed by atoms with Gasteiger partial charge >= 0.3 is 0 Å². The predicted octanol–water partition coefficient (Wildman–Crippen LogP) is 7.50. The third-order valence-electron chi connectivity index (χ3n) is 5.14. The van der Waals surface area contributed by atoms with Gasteiger partial charge < -0.3 is 0 Å². The fraction of sp³-hybridized carbons (Fsp3) is 0.231. The zero-order valence-electron chi connectivity index (χ0n) is 16.6. The first kappa shape index (κ1) is 19.7. The summed E-state index contributed by atoms with van der Waals surface area (Å²) in [5.41, 5.74) is 9.89. The molecule has 1 aliphatic carbocycles. The monoisotopic (exact) mass is 342 g/mol. The average molecular weight is 343 g/mol. The Morgan fingerprint density at radius 2 is 1.92 bits per heavy atom. The zero-order valence-corrected chi connectivity index (χ0v) is 16.6. The number of hydrogen-bond donors (Lipinski definition) is 0. The Morgan fingerprint density at radius 3 is 2.50 bits per heavy atom. The van der Waals surface area contributed by atoms with Crippen LogP contribution in [-0.2, 0) is 6.42 Å². The van der Waals surface area contributed by atoms with Crippen molar-refractivity contribution in [3.63, 3.8) is 0 Å². The molecule has 0 heterocycles. The molecule has 0 heteroatoms. The quantitative estimate of drug-likeness (QED) is 0.470. The van der Waals surface area contributed by atoms with Crippen LogP contribution in [0, 0.1) is 0 Å². The van der Waals surface area contributed by atoms with Crippen LogP contribution in [0.2, 0.25) is 0 Å². The Bertz CT molecular complexity index is 850. The van der Waals surface area contributed by atoms with Crippen molar-refractivity contribution in [1.82, 2.24) is 0 Å². The summed E-state index contributed by atoms with van der Waals surface area (Å²) in [6, 6.07) is 6.54. The Labute approximate surface area is 159 Å². The third kappa shape index (κ3) is 3.51. The molecule has 0 aliphatic heterocycles. The maximum absolute atomic E-state index is 4.38. The lowest BCUT2D eigenvalue weighted by atomic mass is 9.81.